The minimum atomic E-state index is -0.545. The van der Waals surface area contributed by atoms with Gasteiger partial charge in [0.2, 0.25) is 0 Å². The molecule has 62 valence electrons. The minimum absolute atomic E-state index is 0.465. The highest BCUT2D eigenvalue weighted by molar-refractivity contribution is 9.10. The summed E-state index contributed by atoms with van der Waals surface area (Å²) in [6.45, 7) is 0.465. The van der Waals surface area contributed by atoms with Gasteiger partial charge in [0.15, 0.2) is 0 Å². The number of nitrogens with zero attached hydrogens (tertiary/aromatic N) is 1. The van der Waals surface area contributed by atoms with E-state index in [1.165, 1.54) is 0 Å². The largest absolute Gasteiger partial charge is 0.387 e. The number of aliphatic hydroxyl groups is 1. The van der Waals surface area contributed by atoms with Crippen LogP contribution in [-0.2, 0) is 0 Å². The SMILES string of the molecule is NCCC(O)c1[nH]ncc1Br. The first kappa shape index (κ1) is 8.70. The molecule has 4 N–H and O–H groups in total. The van der Waals surface area contributed by atoms with E-state index in [9.17, 15) is 5.11 Å². The number of halogens is 1. The zero-order valence-corrected chi connectivity index (χ0v) is 7.50. The van der Waals surface area contributed by atoms with Crippen molar-refractivity contribution in [1.29, 1.82) is 0 Å². The van der Waals surface area contributed by atoms with Crippen LogP contribution in [0.25, 0.3) is 0 Å². The highest BCUT2D eigenvalue weighted by atomic mass is 79.9. The first-order valence-electron chi connectivity index (χ1n) is 3.32. The molecule has 0 aromatic carbocycles. The third kappa shape index (κ3) is 2.02. The summed E-state index contributed by atoms with van der Waals surface area (Å²) in [4.78, 5) is 0. The van der Waals surface area contributed by atoms with Crippen LogP contribution in [0.3, 0.4) is 0 Å². The zero-order chi connectivity index (χ0) is 8.27. The molecule has 0 radical (unpaired) electrons. The van der Waals surface area contributed by atoms with Crippen LogP contribution in [-0.4, -0.2) is 21.8 Å². The number of aromatic amines is 1. The van der Waals surface area contributed by atoms with Crippen molar-refractivity contribution in [3.63, 3.8) is 0 Å². The van der Waals surface area contributed by atoms with E-state index in [1.54, 1.807) is 6.20 Å². The molecule has 0 aliphatic rings. The lowest BCUT2D eigenvalue weighted by Gasteiger charge is -2.05. The van der Waals surface area contributed by atoms with Crippen molar-refractivity contribution in [2.75, 3.05) is 6.54 Å². The normalized spacial score (nSPS) is 13.4. The van der Waals surface area contributed by atoms with E-state index in [4.69, 9.17) is 5.73 Å². The second-order valence-electron chi connectivity index (χ2n) is 2.22. The van der Waals surface area contributed by atoms with Gasteiger partial charge in [0, 0.05) is 0 Å². The van der Waals surface area contributed by atoms with Gasteiger partial charge in [-0.3, -0.25) is 5.10 Å². The van der Waals surface area contributed by atoms with Gasteiger partial charge < -0.3 is 10.8 Å². The van der Waals surface area contributed by atoms with Crippen molar-refractivity contribution in [2.45, 2.75) is 12.5 Å². The Bertz CT molecular complexity index is 225. The molecule has 0 spiro atoms. The lowest BCUT2D eigenvalue weighted by atomic mass is 10.2. The van der Waals surface area contributed by atoms with E-state index in [0.29, 0.717) is 18.7 Å². The Kier molecular flexibility index (Phi) is 3.04. The van der Waals surface area contributed by atoms with Gasteiger partial charge in [0.1, 0.15) is 0 Å². The monoisotopic (exact) mass is 219 g/mol. The van der Waals surface area contributed by atoms with Crippen molar-refractivity contribution in [2.24, 2.45) is 5.73 Å². The molecule has 4 nitrogen and oxygen atoms in total. The average molecular weight is 220 g/mol. The molecule has 0 amide bonds. The van der Waals surface area contributed by atoms with Crippen LogP contribution >= 0.6 is 15.9 Å². The Morgan fingerprint density at radius 1 is 1.82 bits per heavy atom. The highest BCUT2D eigenvalue weighted by Crippen LogP contribution is 2.21. The first-order chi connectivity index (χ1) is 5.25. The fraction of sp³-hybridized carbons (Fsp3) is 0.500. The molecular formula is C6H10BrN3O. The highest BCUT2D eigenvalue weighted by Gasteiger charge is 2.11. The summed E-state index contributed by atoms with van der Waals surface area (Å²) in [5.41, 5.74) is 5.97. The van der Waals surface area contributed by atoms with E-state index < -0.39 is 6.10 Å². The maximum Gasteiger partial charge on any atom is 0.0977 e. The second kappa shape index (κ2) is 3.85. The van der Waals surface area contributed by atoms with Crippen molar-refractivity contribution >= 4 is 15.9 Å². The number of aromatic nitrogens is 2. The molecule has 1 atom stereocenters. The Morgan fingerprint density at radius 3 is 3.00 bits per heavy atom. The van der Waals surface area contributed by atoms with Gasteiger partial charge in [-0.05, 0) is 28.9 Å². The molecule has 5 heteroatoms. The number of aliphatic hydroxyl groups excluding tert-OH is 1. The number of rotatable bonds is 3. The van der Waals surface area contributed by atoms with Gasteiger partial charge in [-0.25, -0.2) is 0 Å². The first-order valence-corrected chi connectivity index (χ1v) is 4.12. The summed E-state index contributed by atoms with van der Waals surface area (Å²) in [7, 11) is 0. The van der Waals surface area contributed by atoms with E-state index >= 15 is 0 Å². The quantitative estimate of drug-likeness (QED) is 0.696. The van der Waals surface area contributed by atoms with Crippen LogP contribution in [0.2, 0.25) is 0 Å². The van der Waals surface area contributed by atoms with E-state index in [-0.39, 0.29) is 0 Å². The summed E-state index contributed by atoms with van der Waals surface area (Å²) < 4.78 is 0.790. The molecule has 1 rings (SSSR count). The topological polar surface area (TPSA) is 74.9 Å². The predicted octanol–water partition coefficient (Wildman–Crippen LogP) is 0.554. The van der Waals surface area contributed by atoms with Crippen molar-refractivity contribution in [3.8, 4) is 0 Å². The lowest BCUT2D eigenvalue weighted by Crippen LogP contribution is -2.07. The molecule has 11 heavy (non-hydrogen) atoms. The average Bonchev–Trinajstić information content (AvgIpc) is 2.36. The fourth-order valence-electron chi connectivity index (χ4n) is 0.817. The van der Waals surface area contributed by atoms with Crippen molar-refractivity contribution in [1.82, 2.24) is 10.2 Å². The third-order valence-corrected chi connectivity index (χ3v) is 2.03. The molecule has 0 saturated heterocycles. The van der Waals surface area contributed by atoms with Crippen molar-refractivity contribution in [3.05, 3.63) is 16.4 Å². The summed E-state index contributed by atoms with van der Waals surface area (Å²) in [5, 5.41) is 15.8. The molecule has 0 fully saturated rings. The second-order valence-corrected chi connectivity index (χ2v) is 3.08. The maximum atomic E-state index is 9.41. The predicted molar refractivity (Wildman–Crippen MR) is 44.9 cm³/mol. The molecule has 0 bridgehead atoms. The van der Waals surface area contributed by atoms with Gasteiger partial charge >= 0.3 is 0 Å². The smallest absolute Gasteiger partial charge is 0.0977 e. The van der Waals surface area contributed by atoms with Crippen LogP contribution in [0.15, 0.2) is 10.7 Å². The lowest BCUT2D eigenvalue weighted by molar-refractivity contribution is 0.165. The number of nitrogens with two attached hydrogens (primary N) is 1. The van der Waals surface area contributed by atoms with Crippen LogP contribution in [0.5, 0.6) is 0 Å². The van der Waals surface area contributed by atoms with E-state index in [1.807, 2.05) is 0 Å². The van der Waals surface area contributed by atoms with Crippen LogP contribution < -0.4 is 5.73 Å². The Hall–Kier alpha value is -0.390. The Labute approximate surface area is 72.9 Å². The summed E-state index contributed by atoms with van der Waals surface area (Å²) in [6.07, 6.45) is 1.60. The molecular weight excluding hydrogens is 210 g/mol. The number of nitrogens with one attached hydrogen (secondary N) is 1. The van der Waals surface area contributed by atoms with Gasteiger partial charge in [-0.1, -0.05) is 0 Å². The molecule has 1 heterocycles. The maximum absolute atomic E-state index is 9.41. The fourth-order valence-corrected chi connectivity index (χ4v) is 1.27. The summed E-state index contributed by atoms with van der Waals surface area (Å²) in [5.74, 6) is 0. The van der Waals surface area contributed by atoms with Gasteiger partial charge in [-0.2, -0.15) is 5.10 Å². The van der Waals surface area contributed by atoms with Crippen LogP contribution in [0.4, 0.5) is 0 Å². The third-order valence-electron chi connectivity index (χ3n) is 1.39. The van der Waals surface area contributed by atoms with Crippen LogP contribution in [0.1, 0.15) is 18.2 Å². The summed E-state index contributed by atoms with van der Waals surface area (Å²) >= 11 is 3.24. The number of H-pyrrole nitrogens is 1. The molecule has 0 aliphatic heterocycles. The number of hydrogen-bond acceptors (Lipinski definition) is 3. The van der Waals surface area contributed by atoms with Crippen LogP contribution in [0, 0.1) is 0 Å². The zero-order valence-electron chi connectivity index (χ0n) is 5.92. The molecule has 0 aliphatic carbocycles. The van der Waals surface area contributed by atoms with Gasteiger partial charge in [0.05, 0.1) is 22.5 Å². The Balaban J connectivity index is 2.67. The summed E-state index contributed by atoms with van der Waals surface area (Å²) in [6, 6.07) is 0. The molecule has 1 unspecified atom stereocenters. The van der Waals surface area contributed by atoms with E-state index in [2.05, 4.69) is 26.1 Å². The standard InChI is InChI=1S/C6H10BrN3O/c7-4-3-9-10-6(4)5(11)1-2-8/h3,5,11H,1-2,8H2,(H,9,10). The molecule has 1 aromatic heterocycles. The van der Waals surface area contributed by atoms with E-state index in [0.717, 1.165) is 4.47 Å². The molecule has 1 aromatic rings. The minimum Gasteiger partial charge on any atom is -0.387 e. The number of hydrogen-bond donors (Lipinski definition) is 3. The molecule has 0 saturated carbocycles. The van der Waals surface area contributed by atoms with Gasteiger partial charge in [0.25, 0.3) is 0 Å². The van der Waals surface area contributed by atoms with Gasteiger partial charge in [-0.15, -0.1) is 0 Å². The van der Waals surface area contributed by atoms with Crippen molar-refractivity contribution < 1.29 is 5.11 Å². The Morgan fingerprint density at radius 2 is 2.55 bits per heavy atom.